The van der Waals surface area contributed by atoms with Crippen LogP contribution in [0.3, 0.4) is 0 Å². The van der Waals surface area contributed by atoms with Gasteiger partial charge < -0.3 is 5.73 Å². The lowest BCUT2D eigenvalue weighted by molar-refractivity contribution is 0.539. The van der Waals surface area contributed by atoms with Crippen molar-refractivity contribution in [2.24, 2.45) is 11.7 Å². The summed E-state index contributed by atoms with van der Waals surface area (Å²) in [5, 5.41) is 0. The van der Waals surface area contributed by atoms with Gasteiger partial charge >= 0.3 is 0 Å². The van der Waals surface area contributed by atoms with Crippen molar-refractivity contribution in [3.8, 4) is 0 Å². The molecule has 0 bridgehead atoms. The first-order chi connectivity index (χ1) is 8.47. The summed E-state index contributed by atoms with van der Waals surface area (Å²) in [4.78, 5) is 0.289. The van der Waals surface area contributed by atoms with Gasteiger partial charge in [0.25, 0.3) is 0 Å². The Bertz CT molecular complexity index is 470. The molecule has 0 unspecified atom stereocenters. The minimum atomic E-state index is -3.43. The average Bonchev–Trinajstić information content (AvgIpc) is 2.34. The van der Waals surface area contributed by atoms with E-state index in [9.17, 15) is 8.42 Å². The summed E-state index contributed by atoms with van der Waals surface area (Å²) < 4.78 is 26.8. The van der Waals surface area contributed by atoms with Crippen LogP contribution in [0.15, 0.2) is 29.2 Å². The molecule has 0 saturated carbocycles. The van der Waals surface area contributed by atoms with Crippen LogP contribution in [0, 0.1) is 5.92 Å². The molecule has 0 heterocycles. The Morgan fingerprint density at radius 1 is 1.28 bits per heavy atom. The van der Waals surface area contributed by atoms with E-state index in [1.165, 1.54) is 0 Å². The molecule has 0 saturated heterocycles. The molecule has 4 nitrogen and oxygen atoms in total. The van der Waals surface area contributed by atoms with Gasteiger partial charge in [-0.05, 0) is 30.4 Å². The van der Waals surface area contributed by atoms with Crippen LogP contribution in [0.4, 0.5) is 0 Å². The molecule has 5 heteroatoms. The van der Waals surface area contributed by atoms with E-state index in [0.29, 0.717) is 18.0 Å². The number of nitrogens with two attached hydrogens (primary N) is 1. The van der Waals surface area contributed by atoms with Crippen molar-refractivity contribution in [1.29, 1.82) is 0 Å². The first kappa shape index (κ1) is 15.1. The number of sulfonamides is 1. The normalized spacial score (nSPS) is 12.0. The van der Waals surface area contributed by atoms with Crippen LogP contribution < -0.4 is 10.5 Å². The van der Waals surface area contributed by atoms with E-state index in [-0.39, 0.29) is 11.4 Å². The number of benzene rings is 1. The van der Waals surface area contributed by atoms with Crippen LogP contribution in [0.5, 0.6) is 0 Å². The Morgan fingerprint density at radius 3 is 2.56 bits per heavy atom. The van der Waals surface area contributed by atoms with Gasteiger partial charge in [-0.25, -0.2) is 13.1 Å². The lowest BCUT2D eigenvalue weighted by Crippen LogP contribution is -2.26. The first-order valence-corrected chi connectivity index (χ1v) is 7.73. The predicted molar refractivity (Wildman–Crippen MR) is 73.6 cm³/mol. The molecule has 18 heavy (non-hydrogen) atoms. The predicted octanol–water partition coefficient (Wildman–Crippen LogP) is 1.86. The molecule has 0 spiro atoms. The van der Waals surface area contributed by atoms with Crippen molar-refractivity contribution in [3.63, 3.8) is 0 Å². The topological polar surface area (TPSA) is 72.2 Å². The summed E-state index contributed by atoms with van der Waals surface area (Å²) in [5.41, 5.74) is 6.20. The number of hydrogen-bond acceptors (Lipinski definition) is 3. The molecule has 0 aliphatic rings. The summed E-state index contributed by atoms with van der Waals surface area (Å²) in [6.07, 6.45) is 1.86. The largest absolute Gasteiger partial charge is 0.326 e. The van der Waals surface area contributed by atoms with Gasteiger partial charge in [0.15, 0.2) is 0 Å². The third kappa shape index (κ3) is 4.40. The molecule has 0 aliphatic heterocycles. The van der Waals surface area contributed by atoms with Crippen molar-refractivity contribution < 1.29 is 8.42 Å². The maximum atomic E-state index is 12.1. The molecule has 3 N–H and O–H groups in total. The van der Waals surface area contributed by atoms with Gasteiger partial charge in [-0.15, -0.1) is 0 Å². The molecule has 0 amide bonds. The molecule has 0 fully saturated rings. The maximum Gasteiger partial charge on any atom is 0.240 e. The van der Waals surface area contributed by atoms with Crippen molar-refractivity contribution >= 4 is 10.0 Å². The minimum Gasteiger partial charge on any atom is -0.326 e. The molecule has 0 radical (unpaired) electrons. The lowest BCUT2D eigenvalue weighted by Gasteiger charge is -2.10. The molecule has 102 valence electrons. The van der Waals surface area contributed by atoms with Gasteiger partial charge in [-0.2, -0.15) is 0 Å². The van der Waals surface area contributed by atoms with E-state index in [4.69, 9.17) is 5.73 Å². The van der Waals surface area contributed by atoms with Crippen LogP contribution in [0.2, 0.25) is 0 Å². The van der Waals surface area contributed by atoms with Crippen LogP contribution in [0.1, 0.15) is 32.3 Å². The Kier molecular flexibility index (Phi) is 5.78. The number of nitrogens with one attached hydrogen (secondary N) is 1. The molecule has 1 aromatic carbocycles. The zero-order valence-corrected chi connectivity index (χ0v) is 11.8. The second-order valence-corrected chi connectivity index (χ2v) is 6.48. The average molecular weight is 270 g/mol. The van der Waals surface area contributed by atoms with E-state index in [2.05, 4.69) is 18.6 Å². The highest BCUT2D eigenvalue weighted by molar-refractivity contribution is 7.89. The number of hydrogen-bond donors (Lipinski definition) is 2. The van der Waals surface area contributed by atoms with Gasteiger partial charge in [0.05, 0.1) is 4.90 Å². The lowest BCUT2D eigenvalue weighted by atomic mass is 10.1. The highest BCUT2D eigenvalue weighted by Crippen LogP contribution is 2.14. The quantitative estimate of drug-likeness (QED) is 0.743. The van der Waals surface area contributed by atoms with E-state index >= 15 is 0 Å². The fourth-order valence-corrected chi connectivity index (χ4v) is 3.05. The van der Waals surface area contributed by atoms with E-state index in [1.807, 2.05) is 0 Å². The Labute approximate surface area is 110 Å². The SMILES string of the molecule is CC(C)CCCNS(=O)(=O)c1ccccc1CN. The molecule has 1 rings (SSSR count). The van der Waals surface area contributed by atoms with Gasteiger partial charge in [-0.1, -0.05) is 32.0 Å². The molecule has 1 aromatic rings. The fraction of sp³-hybridized carbons (Fsp3) is 0.538. The highest BCUT2D eigenvalue weighted by atomic mass is 32.2. The highest BCUT2D eigenvalue weighted by Gasteiger charge is 2.16. The van der Waals surface area contributed by atoms with Gasteiger partial charge in [0.1, 0.15) is 0 Å². The van der Waals surface area contributed by atoms with Crippen LogP contribution in [-0.2, 0) is 16.6 Å². The fourth-order valence-electron chi connectivity index (χ4n) is 1.73. The summed E-state index contributed by atoms with van der Waals surface area (Å²) in [7, 11) is -3.43. The summed E-state index contributed by atoms with van der Waals surface area (Å²) in [5.74, 6) is 0.589. The van der Waals surface area contributed by atoms with Crippen molar-refractivity contribution in [3.05, 3.63) is 29.8 Å². The Hall–Kier alpha value is -0.910. The molecular formula is C13H22N2O2S. The zero-order valence-electron chi connectivity index (χ0n) is 11.0. The van der Waals surface area contributed by atoms with Gasteiger partial charge in [-0.3, -0.25) is 0 Å². The summed E-state index contributed by atoms with van der Waals surface area (Å²) >= 11 is 0. The Morgan fingerprint density at radius 2 is 1.94 bits per heavy atom. The zero-order chi connectivity index (χ0) is 13.6. The molecule has 0 aromatic heterocycles. The van der Waals surface area contributed by atoms with Crippen molar-refractivity contribution in [1.82, 2.24) is 4.72 Å². The smallest absolute Gasteiger partial charge is 0.240 e. The maximum absolute atomic E-state index is 12.1. The van der Waals surface area contributed by atoms with E-state index in [1.54, 1.807) is 24.3 Å². The summed E-state index contributed by atoms with van der Waals surface area (Å²) in [6.45, 7) is 4.94. The molecule has 0 atom stereocenters. The van der Waals surface area contributed by atoms with E-state index < -0.39 is 10.0 Å². The van der Waals surface area contributed by atoms with Crippen LogP contribution >= 0.6 is 0 Å². The standard InChI is InChI=1S/C13H22N2O2S/c1-11(2)6-5-9-15-18(16,17)13-8-4-3-7-12(13)10-14/h3-4,7-8,11,15H,5-6,9-10,14H2,1-2H3. The van der Waals surface area contributed by atoms with E-state index in [0.717, 1.165) is 12.8 Å². The summed E-state index contributed by atoms with van der Waals surface area (Å²) in [6, 6.07) is 6.83. The van der Waals surface area contributed by atoms with Gasteiger partial charge in [0.2, 0.25) is 10.0 Å². The van der Waals surface area contributed by atoms with Gasteiger partial charge in [0, 0.05) is 13.1 Å². The third-order valence-electron chi connectivity index (χ3n) is 2.73. The minimum absolute atomic E-state index is 0.225. The monoisotopic (exact) mass is 270 g/mol. The molecule has 0 aliphatic carbocycles. The second kappa shape index (κ2) is 6.87. The number of rotatable bonds is 7. The van der Waals surface area contributed by atoms with Crippen LogP contribution in [0.25, 0.3) is 0 Å². The second-order valence-electron chi connectivity index (χ2n) is 4.75. The Balaban J connectivity index is 2.68. The third-order valence-corrected chi connectivity index (χ3v) is 4.29. The van der Waals surface area contributed by atoms with Crippen molar-refractivity contribution in [2.45, 2.75) is 38.1 Å². The molecular weight excluding hydrogens is 248 g/mol. The van der Waals surface area contributed by atoms with Crippen molar-refractivity contribution in [2.75, 3.05) is 6.54 Å². The van der Waals surface area contributed by atoms with Crippen LogP contribution in [-0.4, -0.2) is 15.0 Å². The first-order valence-electron chi connectivity index (χ1n) is 6.25.